The summed E-state index contributed by atoms with van der Waals surface area (Å²) in [7, 11) is 2.16. The summed E-state index contributed by atoms with van der Waals surface area (Å²) < 4.78 is 2.24. The fourth-order valence-electron chi connectivity index (χ4n) is 2.65. The molecule has 0 saturated heterocycles. The molecular weight excluding hydrogens is 219 g/mol. The van der Waals surface area contributed by atoms with E-state index in [1.54, 1.807) is 0 Å². The summed E-state index contributed by atoms with van der Waals surface area (Å²) in [6.45, 7) is 0. The SMILES string of the molecule is Nc1ccc2c(bn3c4ccccc4ccc23)c1. The maximum atomic E-state index is 5.85. The number of anilines is 1. The molecule has 0 aliphatic heterocycles. The Bertz CT molecular complexity index is 893. The first-order valence-corrected chi connectivity index (χ1v) is 6.01. The van der Waals surface area contributed by atoms with Gasteiger partial charge >= 0.3 is 104 Å². The second kappa shape index (κ2) is 3.36. The molecule has 0 aliphatic rings. The summed E-state index contributed by atoms with van der Waals surface area (Å²) in [6.07, 6.45) is 0. The Labute approximate surface area is 105 Å². The van der Waals surface area contributed by atoms with Crippen LogP contribution in [0.15, 0.2) is 54.6 Å². The van der Waals surface area contributed by atoms with E-state index in [2.05, 4.69) is 53.8 Å². The van der Waals surface area contributed by atoms with Crippen LogP contribution in [-0.4, -0.2) is 11.4 Å². The van der Waals surface area contributed by atoms with Crippen LogP contribution in [0.4, 0.5) is 5.69 Å². The van der Waals surface area contributed by atoms with Gasteiger partial charge in [-0.1, -0.05) is 0 Å². The van der Waals surface area contributed by atoms with Gasteiger partial charge in [-0.2, -0.15) is 0 Å². The molecule has 4 rings (SSSR count). The van der Waals surface area contributed by atoms with Crippen molar-refractivity contribution in [3.8, 4) is 0 Å². The van der Waals surface area contributed by atoms with Crippen molar-refractivity contribution in [2.45, 2.75) is 0 Å². The molecule has 2 heterocycles. The number of nitrogens with zero attached hydrogens (tertiary/aromatic N) is 1. The van der Waals surface area contributed by atoms with E-state index < -0.39 is 0 Å². The van der Waals surface area contributed by atoms with Crippen LogP contribution in [0.5, 0.6) is 0 Å². The molecule has 84 valence electrons. The third kappa shape index (κ3) is 1.22. The van der Waals surface area contributed by atoms with E-state index in [0.29, 0.717) is 0 Å². The fourth-order valence-corrected chi connectivity index (χ4v) is 2.65. The topological polar surface area (TPSA) is 30.4 Å². The molecule has 0 fully saturated rings. The molecule has 18 heavy (non-hydrogen) atoms. The van der Waals surface area contributed by atoms with Gasteiger partial charge in [0.1, 0.15) is 0 Å². The van der Waals surface area contributed by atoms with Crippen molar-refractivity contribution in [1.82, 2.24) is 4.31 Å². The zero-order chi connectivity index (χ0) is 12.1. The third-order valence-corrected chi connectivity index (χ3v) is 3.50. The number of aromatic nitrogens is 1. The first kappa shape index (κ1) is 9.72. The van der Waals surface area contributed by atoms with Crippen LogP contribution < -0.4 is 5.73 Å². The average molecular weight is 230 g/mol. The van der Waals surface area contributed by atoms with Crippen LogP contribution in [-0.2, 0) is 0 Å². The molecule has 0 spiro atoms. The van der Waals surface area contributed by atoms with E-state index in [1.807, 2.05) is 12.1 Å². The molecule has 3 heteroatoms. The van der Waals surface area contributed by atoms with Crippen LogP contribution >= 0.6 is 0 Å². The van der Waals surface area contributed by atoms with Gasteiger partial charge in [-0.05, 0) is 0 Å². The molecule has 4 aromatic rings. The zero-order valence-corrected chi connectivity index (χ0v) is 9.80. The summed E-state index contributed by atoms with van der Waals surface area (Å²) in [5.74, 6) is 0. The predicted molar refractivity (Wildman–Crippen MR) is 78.2 cm³/mol. The number of hydrogen-bond donors (Lipinski definition) is 1. The number of fused-ring (bicyclic) bond motifs is 5. The van der Waals surface area contributed by atoms with Crippen LogP contribution in [0.2, 0.25) is 0 Å². The van der Waals surface area contributed by atoms with Gasteiger partial charge in [-0.15, -0.1) is 0 Å². The Morgan fingerprint density at radius 1 is 0.889 bits per heavy atom. The van der Waals surface area contributed by atoms with Crippen molar-refractivity contribution in [3.05, 3.63) is 54.6 Å². The van der Waals surface area contributed by atoms with Crippen molar-refractivity contribution in [1.29, 1.82) is 0 Å². The van der Waals surface area contributed by atoms with E-state index in [4.69, 9.17) is 5.73 Å². The number of nitrogen functional groups attached to an aromatic ring is 1. The first-order valence-electron chi connectivity index (χ1n) is 6.01. The summed E-state index contributed by atoms with van der Waals surface area (Å²) in [5.41, 5.74) is 9.11. The molecule has 2 N–H and O–H groups in total. The molecule has 0 amide bonds. The Kier molecular flexibility index (Phi) is 1.81. The summed E-state index contributed by atoms with van der Waals surface area (Å²) in [6, 6.07) is 18.8. The monoisotopic (exact) mass is 230 g/mol. The second-order valence-electron chi connectivity index (χ2n) is 4.62. The van der Waals surface area contributed by atoms with Crippen molar-refractivity contribution in [2.75, 3.05) is 5.73 Å². The number of benzene rings is 2. The molecule has 0 bridgehead atoms. The van der Waals surface area contributed by atoms with Crippen LogP contribution in [0.1, 0.15) is 0 Å². The van der Waals surface area contributed by atoms with E-state index in [-0.39, 0.29) is 0 Å². The Hall–Kier alpha value is -2.29. The van der Waals surface area contributed by atoms with Crippen molar-refractivity contribution in [3.63, 3.8) is 0 Å². The first-order chi connectivity index (χ1) is 8.83. The molecular formula is C15H11BN2. The Morgan fingerprint density at radius 2 is 1.78 bits per heavy atom. The average Bonchev–Trinajstić information content (AvgIpc) is 2.76. The Balaban J connectivity index is 2.29. The number of nitrogens with two attached hydrogens (primary N) is 1. The van der Waals surface area contributed by atoms with Crippen molar-refractivity contribution in [2.24, 2.45) is 0 Å². The predicted octanol–water partition coefficient (Wildman–Crippen LogP) is 3.17. The van der Waals surface area contributed by atoms with Gasteiger partial charge in [0.2, 0.25) is 0 Å². The normalized spacial score (nSPS) is 11.3. The van der Waals surface area contributed by atoms with Gasteiger partial charge in [-0.25, -0.2) is 0 Å². The van der Waals surface area contributed by atoms with Gasteiger partial charge in [-0.3, -0.25) is 0 Å². The molecule has 2 nitrogen and oxygen atoms in total. The van der Waals surface area contributed by atoms with Gasteiger partial charge in [0.25, 0.3) is 0 Å². The molecule has 2 aromatic carbocycles. The maximum absolute atomic E-state index is 5.85. The minimum absolute atomic E-state index is 0.808. The molecule has 0 saturated carbocycles. The number of hydrogen-bond acceptors (Lipinski definition) is 1. The summed E-state index contributed by atoms with van der Waals surface area (Å²) >= 11 is 0. The quantitative estimate of drug-likeness (QED) is 0.462. The summed E-state index contributed by atoms with van der Waals surface area (Å²) in [5, 5.41) is 3.68. The number of rotatable bonds is 0. The van der Waals surface area contributed by atoms with Gasteiger partial charge < -0.3 is 0 Å². The molecule has 0 aliphatic carbocycles. The van der Waals surface area contributed by atoms with Crippen molar-refractivity contribution < 1.29 is 0 Å². The molecule has 0 unspecified atom stereocenters. The standard InChI is InChI=1S/C15H11BN2/c17-11-6-7-12-13(9-11)16-18-14-4-2-1-3-10(14)5-8-15(12)18/h1-9H,17H2. The second-order valence-corrected chi connectivity index (χ2v) is 4.62. The van der Waals surface area contributed by atoms with E-state index in [9.17, 15) is 0 Å². The van der Waals surface area contributed by atoms with Crippen LogP contribution in [0.25, 0.3) is 27.1 Å². The van der Waals surface area contributed by atoms with Gasteiger partial charge in [0.15, 0.2) is 0 Å². The van der Waals surface area contributed by atoms with Crippen LogP contribution in [0, 0.1) is 0 Å². The van der Waals surface area contributed by atoms with Crippen LogP contribution in [0.3, 0.4) is 0 Å². The molecule has 0 atom stereocenters. The van der Waals surface area contributed by atoms with Gasteiger partial charge in [0.05, 0.1) is 0 Å². The van der Waals surface area contributed by atoms with E-state index in [1.165, 1.54) is 27.1 Å². The molecule has 2 aromatic heterocycles. The minimum atomic E-state index is 0.808. The van der Waals surface area contributed by atoms with E-state index >= 15 is 0 Å². The molecule has 0 radical (unpaired) electrons. The zero-order valence-electron chi connectivity index (χ0n) is 9.80. The Morgan fingerprint density at radius 3 is 2.72 bits per heavy atom. The van der Waals surface area contributed by atoms with Gasteiger partial charge in [0, 0.05) is 0 Å². The van der Waals surface area contributed by atoms with Crippen molar-refractivity contribution >= 4 is 39.8 Å². The van der Waals surface area contributed by atoms with E-state index in [0.717, 1.165) is 5.69 Å². The number of pyridine rings is 1. The number of para-hydroxylation sites is 1. The third-order valence-electron chi connectivity index (χ3n) is 3.50. The fraction of sp³-hybridized carbons (Fsp3) is 0. The summed E-state index contributed by atoms with van der Waals surface area (Å²) in [4.78, 5) is 0.